The van der Waals surface area contributed by atoms with Crippen molar-refractivity contribution in [3.05, 3.63) is 189 Å². The van der Waals surface area contributed by atoms with Gasteiger partial charge < -0.3 is 35.4 Å². The van der Waals surface area contributed by atoms with E-state index in [1.807, 2.05) is 36.4 Å². The van der Waals surface area contributed by atoms with Crippen LogP contribution in [0.2, 0.25) is 5.02 Å². The summed E-state index contributed by atoms with van der Waals surface area (Å²) in [5, 5.41) is 61.2. The third-order valence-corrected chi connectivity index (χ3v) is 12.7. The lowest BCUT2D eigenvalue weighted by atomic mass is 9.90. The summed E-state index contributed by atoms with van der Waals surface area (Å²) in [6.45, 7) is 12.3. The first-order valence-electron chi connectivity index (χ1n) is 23.4. The van der Waals surface area contributed by atoms with Gasteiger partial charge in [0.05, 0.1) is 31.8 Å². The van der Waals surface area contributed by atoms with Gasteiger partial charge in [0, 0.05) is 55.3 Å². The van der Waals surface area contributed by atoms with Gasteiger partial charge in [-0.15, -0.1) is 0 Å². The first-order valence-corrected chi connectivity index (χ1v) is 23.7. The van der Waals surface area contributed by atoms with Gasteiger partial charge in [-0.25, -0.2) is 9.59 Å². The number of fused-ring (bicyclic) bond motifs is 2. The predicted molar refractivity (Wildman–Crippen MR) is 275 cm³/mol. The minimum absolute atomic E-state index is 0.0407. The Hall–Kier alpha value is -6.80. The van der Waals surface area contributed by atoms with Gasteiger partial charge in [-0.3, -0.25) is 14.6 Å². The number of phenols is 2. The van der Waals surface area contributed by atoms with Gasteiger partial charge in [-0.2, -0.15) is 0 Å². The average Bonchev–Trinajstić information content (AvgIpc) is 3.35. The number of halogens is 1. The van der Waals surface area contributed by atoms with Crippen LogP contribution >= 0.6 is 11.6 Å². The Kier molecular flexibility index (Phi) is 18.9. The Morgan fingerprint density at radius 1 is 0.614 bits per heavy atom. The van der Waals surface area contributed by atoms with Crippen LogP contribution in [0.25, 0.3) is 21.5 Å². The number of hydrogen-bond acceptors (Lipinski definition) is 9. The van der Waals surface area contributed by atoms with Crippen LogP contribution in [0.15, 0.2) is 140 Å². The fourth-order valence-electron chi connectivity index (χ4n) is 8.74. The number of aromatic hydroxyl groups is 2. The Balaban J connectivity index is 0.000000181. The van der Waals surface area contributed by atoms with Crippen LogP contribution in [0.1, 0.15) is 86.8 Å². The molecule has 1 aliphatic heterocycles. The van der Waals surface area contributed by atoms with E-state index in [2.05, 4.69) is 66.1 Å². The summed E-state index contributed by atoms with van der Waals surface area (Å²) >= 11 is 6.09. The molecule has 0 radical (unpaired) electrons. The molecule has 0 aliphatic carbocycles. The summed E-state index contributed by atoms with van der Waals surface area (Å²) in [6.07, 6.45) is 1.00. The average molecular weight is 970 g/mol. The maximum absolute atomic E-state index is 11.6. The van der Waals surface area contributed by atoms with Crippen molar-refractivity contribution in [3.63, 3.8) is 0 Å². The molecule has 0 aromatic heterocycles. The first-order chi connectivity index (χ1) is 33.7. The molecule has 13 heteroatoms. The lowest BCUT2D eigenvalue weighted by Crippen LogP contribution is -2.48. The van der Waals surface area contributed by atoms with E-state index in [0.29, 0.717) is 51.8 Å². The molecule has 0 saturated carbocycles. The van der Waals surface area contributed by atoms with E-state index < -0.39 is 35.3 Å². The standard InChI is InChI=1S/C23H16O6.C21H27ClN2O2.C13H18O2/c24-20-16(14-7-3-1-5-12(14)9-18(20)22(26)27)11-17-15-8-4-2-6-13(15)10-19(21(17)25)23(28)29;22-20-8-6-19(7-9-20)21(18-4-2-1-3-5-18)24-12-10-23(11-13-24)14-16-26-17-15-25;1-9(2)8-11-4-6-12(7-5-11)10(3)13(14)15/h1-10,24-25H,11H2,(H,26,27)(H,28,29);1-9,21,25H,10-17H2;4-7,9-10H,8H2,1-3H3,(H,14,15). The Bertz CT molecular complexity index is 2750. The van der Waals surface area contributed by atoms with Crippen LogP contribution in [0.4, 0.5) is 0 Å². The number of nitrogens with zero attached hydrogens (tertiary/aromatic N) is 2. The molecule has 70 heavy (non-hydrogen) atoms. The second-order valence-corrected chi connectivity index (χ2v) is 18.1. The fourth-order valence-corrected chi connectivity index (χ4v) is 8.87. The number of carboxylic acids is 3. The number of aliphatic carboxylic acids is 1. The van der Waals surface area contributed by atoms with Crippen LogP contribution in [-0.4, -0.2) is 111 Å². The van der Waals surface area contributed by atoms with Crippen molar-refractivity contribution in [2.75, 3.05) is 52.5 Å². The van der Waals surface area contributed by atoms with Crippen molar-refractivity contribution in [2.45, 2.75) is 45.6 Å². The molecule has 2 unspecified atom stereocenters. The van der Waals surface area contributed by atoms with Crippen molar-refractivity contribution >= 4 is 51.1 Å². The van der Waals surface area contributed by atoms with Crippen molar-refractivity contribution < 1.29 is 49.8 Å². The van der Waals surface area contributed by atoms with Gasteiger partial charge in [0.2, 0.25) is 0 Å². The monoisotopic (exact) mass is 968 g/mol. The number of hydrogen-bond donors (Lipinski definition) is 6. The number of piperazine rings is 1. The smallest absolute Gasteiger partial charge is 0.339 e. The number of rotatable bonds is 16. The fraction of sp³-hybridized carbons (Fsp3) is 0.281. The second-order valence-electron chi connectivity index (χ2n) is 17.7. The molecular formula is C57H61ClN2O10. The van der Waals surface area contributed by atoms with E-state index in [0.717, 1.165) is 49.7 Å². The summed E-state index contributed by atoms with van der Waals surface area (Å²) in [4.78, 5) is 38.9. The second kappa shape index (κ2) is 25.2. The third-order valence-electron chi connectivity index (χ3n) is 12.4. The van der Waals surface area contributed by atoms with E-state index in [1.54, 1.807) is 55.5 Å². The van der Waals surface area contributed by atoms with E-state index >= 15 is 0 Å². The van der Waals surface area contributed by atoms with Crippen molar-refractivity contribution in [1.29, 1.82) is 0 Å². The minimum Gasteiger partial charge on any atom is -0.507 e. The zero-order chi connectivity index (χ0) is 50.3. The highest BCUT2D eigenvalue weighted by molar-refractivity contribution is 6.30. The van der Waals surface area contributed by atoms with Gasteiger partial charge in [-0.1, -0.05) is 141 Å². The lowest BCUT2D eigenvalue weighted by Gasteiger charge is -2.39. The molecule has 7 aromatic carbocycles. The molecule has 1 fully saturated rings. The Labute approximate surface area is 413 Å². The van der Waals surface area contributed by atoms with Crippen molar-refractivity contribution in [3.8, 4) is 11.5 Å². The molecule has 2 atom stereocenters. The molecule has 8 rings (SSSR count). The van der Waals surface area contributed by atoms with Crippen LogP contribution in [0.3, 0.4) is 0 Å². The van der Waals surface area contributed by atoms with Crippen LogP contribution < -0.4 is 0 Å². The molecule has 1 heterocycles. The third kappa shape index (κ3) is 13.7. The van der Waals surface area contributed by atoms with E-state index in [4.69, 9.17) is 26.6 Å². The molecular weight excluding hydrogens is 908 g/mol. The number of benzene rings is 7. The highest BCUT2D eigenvalue weighted by atomic mass is 35.5. The molecule has 366 valence electrons. The van der Waals surface area contributed by atoms with Gasteiger partial charge in [0.25, 0.3) is 0 Å². The maximum atomic E-state index is 11.6. The lowest BCUT2D eigenvalue weighted by molar-refractivity contribution is -0.138. The normalized spacial score (nSPS) is 13.7. The molecule has 12 nitrogen and oxygen atoms in total. The maximum Gasteiger partial charge on any atom is 0.339 e. The largest absolute Gasteiger partial charge is 0.507 e. The van der Waals surface area contributed by atoms with Crippen LogP contribution in [-0.2, 0) is 22.4 Å². The van der Waals surface area contributed by atoms with E-state index in [1.165, 1.54) is 28.8 Å². The van der Waals surface area contributed by atoms with E-state index in [9.17, 15) is 34.8 Å². The zero-order valence-electron chi connectivity index (χ0n) is 39.7. The SMILES string of the molecule is CC(C)Cc1ccc(C(C)C(=O)O)cc1.O=C(O)c1cc2ccccc2c(Cc2c(O)c(C(=O)O)cc3ccccc23)c1O.OCCOCCN1CCN(C(c2ccccc2)c2ccc(Cl)cc2)CC1. The molecule has 0 amide bonds. The van der Waals surface area contributed by atoms with Gasteiger partial charge in [0.15, 0.2) is 0 Å². The summed E-state index contributed by atoms with van der Waals surface area (Å²) in [7, 11) is 0. The highest BCUT2D eigenvalue weighted by Gasteiger charge is 2.27. The summed E-state index contributed by atoms with van der Waals surface area (Å²) in [5.41, 5.74) is 4.84. The number of carboxylic acid groups (broad SMARTS) is 3. The number of aliphatic hydroxyl groups is 1. The molecule has 7 aromatic rings. The summed E-state index contributed by atoms with van der Waals surface area (Å²) in [5.74, 6) is -3.91. The van der Waals surface area contributed by atoms with Gasteiger partial charge >= 0.3 is 17.9 Å². The van der Waals surface area contributed by atoms with Crippen molar-refractivity contribution in [1.82, 2.24) is 9.80 Å². The minimum atomic E-state index is -1.28. The Morgan fingerprint density at radius 2 is 1.10 bits per heavy atom. The quantitative estimate of drug-likeness (QED) is 0.0504. The summed E-state index contributed by atoms with van der Waals surface area (Å²) in [6, 6.07) is 43.8. The van der Waals surface area contributed by atoms with E-state index in [-0.39, 0.29) is 30.2 Å². The Morgan fingerprint density at radius 3 is 1.59 bits per heavy atom. The van der Waals surface area contributed by atoms with Crippen LogP contribution in [0, 0.1) is 5.92 Å². The van der Waals surface area contributed by atoms with Gasteiger partial charge in [0.1, 0.15) is 22.6 Å². The number of aromatic carboxylic acids is 2. The van der Waals surface area contributed by atoms with Crippen molar-refractivity contribution in [2.24, 2.45) is 5.92 Å². The summed E-state index contributed by atoms with van der Waals surface area (Å²) < 4.78 is 5.39. The zero-order valence-corrected chi connectivity index (χ0v) is 40.4. The topological polar surface area (TPSA) is 188 Å². The predicted octanol–water partition coefficient (Wildman–Crippen LogP) is 10.5. The molecule has 1 aliphatic rings. The van der Waals surface area contributed by atoms with Gasteiger partial charge in [-0.05, 0) is 87.3 Å². The number of carbonyl (C=O) groups is 3. The first kappa shape index (κ1) is 52.6. The molecule has 0 spiro atoms. The number of aliphatic hydroxyl groups excluding tert-OH is 1. The van der Waals surface area contributed by atoms with Crippen LogP contribution in [0.5, 0.6) is 11.5 Å². The molecule has 6 N–H and O–H groups in total. The molecule has 1 saturated heterocycles. The molecule has 0 bridgehead atoms. The highest BCUT2D eigenvalue weighted by Crippen LogP contribution is 2.39. The number of ether oxygens (including phenoxy) is 1.